The highest BCUT2D eigenvalue weighted by Crippen LogP contribution is 2.29. The van der Waals surface area contributed by atoms with Crippen molar-refractivity contribution in [2.75, 3.05) is 7.11 Å². The van der Waals surface area contributed by atoms with E-state index in [0.29, 0.717) is 0 Å². The van der Waals surface area contributed by atoms with Crippen LogP contribution in [0.3, 0.4) is 0 Å². The molecule has 1 aliphatic rings. The van der Waals surface area contributed by atoms with E-state index < -0.39 is 40.6 Å². The van der Waals surface area contributed by atoms with E-state index >= 15 is 0 Å². The lowest BCUT2D eigenvalue weighted by molar-refractivity contribution is -0.152. The number of aliphatic hydroxyl groups excluding tert-OH is 1. The molecule has 1 aromatic carbocycles. The predicted molar refractivity (Wildman–Crippen MR) is 69.1 cm³/mol. The molecular weight excluding hydrogens is 284 g/mol. The lowest BCUT2D eigenvalue weighted by Crippen LogP contribution is -2.50. The average Bonchev–Trinajstić information content (AvgIpc) is 2.96. The van der Waals surface area contributed by atoms with Crippen LogP contribution in [-0.4, -0.2) is 41.8 Å². The van der Waals surface area contributed by atoms with E-state index in [-0.39, 0.29) is 0 Å². The first-order valence-corrected chi connectivity index (χ1v) is 5.92. The van der Waals surface area contributed by atoms with Gasteiger partial charge in [-0.3, -0.25) is 9.79 Å². The molecule has 110 valence electrons. The molecule has 2 unspecified atom stereocenters. The average molecular weight is 295 g/mol. The summed E-state index contributed by atoms with van der Waals surface area (Å²) in [5.41, 5.74) is -3.00. The van der Waals surface area contributed by atoms with Gasteiger partial charge in [0.05, 0.1) is 12.7 Å². The molecule has 0 radical (unpaired) electrons. The fourth-order valence-electron chi connectivity index (χ4n) is 2.03. The van der Waals surface area contributed by atoms with Gasteiger partial charge >= 0.3 is 5.97 Å². The summed E-state index contributed by atoms with van der Waals surface area (Å²) in [4.78, 5) is 27.7. The topological polar surface area (TPSA) is 76.0 Å². The van der Waals surface area contributed by atoms with E-state index in [1.807, 2.05) is 0 Å². The third-order valence-electron chi connectivity index (χ3n) is 3.12. The van der Waals surface area contributed by atoms with Crippen LogP contribution in [0, 0.1) is 11.6 Å². The number of aliphatic imine (C=N–C) groups is 1. The Bertz CT molecular complexity index is 622. The van der Waals surface area contributed by atoms with E-state index in [9.17, 15) is 23.5 Å². The van der Waals surface area contributed by atoms with Gasteiger partial charge in [0, 0.05) is 6.21 Å². The third kappa shape index (κ3) is 2.36. The van der Waals surface area contributed by atoms with Gasteiger partial charge in [-0.1, -0.05) is 6.07 Å². The molecule has 21 heavy (non-hydrogen) atoms. The number of esters is 1. The fraction of sp³-hybridized carbons (Fsp3) is 0.214. The van der Waals surface area contributed by atoms with Crippen LogP contribution in [0.2, 0.25) is 0 Å². The summed E-state index contributed by atoms with van der Waals surface area (Å²) in [5.74, 6) is -4.51. The number of aliphatic hydroxyl groups is 1. The lowest BCUT2D eigenvalue weighted by atomic mass is 9.84. The number of ketones is 1. The van der Waals surface area contributed by atoms with Crippen LogP contribution in [-0.2, 0) is 9.53 Å². The SMILES string of the molecule is COC(=O)C(O)C1(C(=O)c2c(F)cccc2F)C=CC=N1. The number of ether oxygens (including phenoxy) is 1. The number of methoxy groups -OCH3 is 1. The Morgan fingerprint density at radius 3 is 2.43 bits per heavy atom. The van der Waals surface area contributed by atoms with Crippen LogP contribution >= 0.6 is 0 Å². The van der Waals surface area contributed by atoms with Crippen LogP contribution in [0.5, 0.6) is 0 Å². The number of rotatable bonds is 4. The zero-order valence-electron chi connectivity index (χ0n) is 10.9. The molecule has 1 N–H and O–H groups in total. The first kappa shape index (κ1) is 15.0. The van der Waals surface area contributed by atoms with E-state index in [2.05, 4.69) is 9.73 Å². The number of allylic oxidation sites excluding steroid dienone is 1. The van der Waals surface area contributed by atoms with Gasteiger partial charge in [-0.2, -0.15) is 0 Å². The highest BCUT2D eigenvalue weighted by atomic mass is 19.1. The standard InChI is InChI=1S/C14H11F2NO4/c1-21-13(20)12(19)14(6-3-7-17-14)11(18)10-8(15)4-2-5-9(10)16/h2-7,12,19H,1H3. The minimum absolute atomic E-state index is 0.871. The Balaban J connectivity index is 2.54. The maximum atomic E-state index is 13.7. The molecule has 0 aliphatic carbocycles. The molecule has 1 aromatic rings. The summed E-state index contributed by atoms with van der Waals surface area (Å²) in [6.45, 7) is 0. The Labute approximate surface area is 118 Å². The summed E-state index contributed by atoms with van der Waals surface area (Å²) in [6.07, 6.45) is 1.54. The summed E-state index contributed by atoms with van der Waals surface area (Å²) < 4.78 is 31.8. The quantitative estimate of drug-likeness (QED) is 0.665. The number of carbonyl (C=O) groups excluding carboxylic acids is 2. The van der Waals surface area contributed by atoms with Gasteiger partial charge in [0.2, 0.25) is 5.78 Å². The number of hydrogen-bond donors (Lipinski definition) is 1. The zero-order chi connectivity index (χ0) is 15.6. The monoisotopic (exact) mass is 295 g/mol. The molecule has 0 spiro atoms. The Hall–Kier alpha value is -2.41. The molecule has 1 aliphatic heterocycles. The fourth-order valence-corrected chi connectivity index (χ4v) is 2.03. The smallest absolute Gasteiger partial charge is 0.338 e. The molecule has 0 fully saturated rings. The molecule has 0 bridgehead atoms. The maximum Gasteiger partial charge on any atom is 0.338 e. The number of nitrogens with zero attached hydrogens (tertiary/aromatic N) is 1. The van der Waals surface area contributed by atoms with Crippen LogP contribution in [0.25, 0.3) is 0 Å². The van der Waals surface area contributed by atoms with E-state index in [1.54, 1.807) is 0 Å². The molecule has 7 heteroatoms. The van der Waals surface area contributed by atoms with Crippen molar-refractivity contribution in [2.24, 2.45) is 4.99 Å². The van der Waals surface area contributed by atoms with Crippen molar-refractivity contribution >= 4 is 18.0 Å². The van der Waals surface area contributed by atoms with Crippen LogP contribution in [0.1, 0.15) is 10.4 Å². The largest absolute Gasteiger partial charge is 0.467 e. The summed E-state index contributed by atoms with van der Waals surface area (Å²) in [7, 11) is 1.01. The van der Waals surface area contributed by atoms with E-state index in [0.717, 1.165) is 37.6 Å². The Morgan fingerprint density at radius 1 is 1.33 bits per heavy atom. The van der Waals surface area contributed by atoms with Crippen molar-refractivity contribution in [1.82, 2.24) is 0 Å². The van der Waals surface area contributed by atoms with Gasteiger partial charge < -0.3 is 9.84 Å². The lowest BCUT2D eigenvalue weighted by Gasteiger charge is -2.26. The van der Waals surface area contributed by atoms with Crippen LogP contribution in [0.15, 0.2) is 35.3 Å². The van der Waals surface area contributed by atoms with Gasteiger partial charge in [-0.25, -0.2) is 13.6 Å². The molecular formula is C14H11F2NO4. The summed E-state index contributed by atoms with van der Waals surface area (Å²) >= 11 is 0. The second-order valence-corrected chi connectivity index (χ2v) is 4.31. The minimum atomic E-state index is -2.13. The van der Waals surface area contributed by atoms with Crippen molar-refractivity contribution in [3.63, 3.8) is 0 Å². The second-order valence-electron chi connectivity index (χ2n) is 4.31. The highest BCUT2D eigenvalue weighted by Gasteiger charge is 2.50. The Kier molecular flexibility index (Phi) is 3.95. The van der Waals surface area contributed by atoms with Crippen LogP contribution in [0.4, 0.5) is 8.78 Å². The van der Waals surface area contributed by atoms with E-state index in [4.69, 9.17) is 0 Å². The number of halogens is 2. The van der Waals surface area contributed by atoms with Crippen molar-refractivity contribution in [2.45, 2.75) is 11.6 Å². The second kappa shape index (κ2) is 5.53. The molecule has 2 atom stereocenters. The Morgan fingerprint density at radius 2 is 1.95 bits per heavy atom. The van der Waals surface area contributed by atoms with Gasteiger partial charge in [-0.15, -0.1) is 0 Å². The van der Waals surface area contributed by atoms with Crippen LogP contribution < -0.4 is 0 Å². The number of benzene rings is 1. The molecule has 0 aromatic heterocycles. The van der Waals surface area contributed by atoms with Crippen molar-refractivity contribution in [3.05, 3.63) is 47.5 Å². The van der Waals surface area contributed by atoms with E-state index in [1.165, 1.54) is 6.08 Å². The highest BCUT2D eigenvalue weighted by molar-refractivity contribution is 6.10. The van der Waals surface area contributed by atoms with Gasteiger partial charge in [0.15, 0.2) is 11.6 Å². The molecule has 0 amide bonds. The van der Waals surface area contributed by atoms with Gasteiger partial charge in [0.25, 0.3) is 0 Å². The van der Waals surface area contributed by atoms with Crippen molar-refractivity contribution < 1.29 is 28.2 Å². The first-order chi connectivity index (χ1) is 9.94. The minimum Gasteiger partial charge on any atom is -0.467 e. The normalized spacial score (nSPS) is 21.3. The van der Waals surface area contributed by atoms with Gasteiger partial charge in [-0.05, 0) is 24.3 Å². The van der Waals surface area contributed by atoms with Crippen molar-refractivity contribution in [1.29, 1.82) is 0 Å². The number of hydrogen-bond acceptors (Lipinski definition) is 5. The predicted octanol–water partition coefficient (Wildman–Crippen LogP) is 1.06. The first-order valence-electron chi connectivity index (χ1n) is 5.92. The number of Topliss-reactive ketones (excluding diaryl/α,β-unsaturated/α-hetero) is 1. The molecule has 0 saturated heterocycles. The number of carbonyl (C=O) groups is 2. The molecule has 2 rings (SSSR count). The third-order valence-corrected chi connectivity index (χ3v) is 3.12. The van der Waals surface area contributed by atoms with Gasteiger partial charge in [0.1, 0.15) is 11.6 Å². The summed E-state index contributed by atoms with van der Waals surface area (Å²) in [5, 5.41) is 9.98. The molecule has 5 nitrogen and oxygen atoms in total. The summed E-state index contributed by atoms with van der Waals surface area (Å²) in [6, 6.07) is 2.90. The zero-order valence-corrected chi connectivity index (χ0v) is 10.9. The molecule has 0 saturated carbocycles. The molecule has 1 heterocycles. The maximum absolute atomic E-state index is 13.7. The van der Waals surface area contributed by atoms with Crippen molar-refractivity contribution in [3.8, 4) is 0 Å².